The Kier molecular flexibility index (Phi) is 6.96. The van der Waals surface area contributed by atoms with Crippen molar-refractivity contribution in [1.82, 2.24) is 5.48 Å². The first-order valence-electron chi connectivity index (χ1n) is 3.11. The molecule has 3 heteroatoms. The van der Waals surface area contributed by atoms with Crippen LogP contribution in [0.2, 0.25) is 0 Å². The van der Waals surface area contributed by atoms with Crippen LogP contribution in [0.25, 0.3) is 0 Å². The van der Waals surface area contributed by atoms with Gasteiger partial charge in [-0.15, -0.1) is 0 Å². The standard InChI is InChI=1S/C6H11NO2/c1-2-3-4-5-7-9-6-8/h2-5H2,1H3. The highest BCUT2D eigenvalue weighted by Crippen LogP contribution is 1.90. The summed E-state index contributed by atoms with van der Waals surface area (Å²) in [6, 6.07) is 0. The van der Waals surface area contributed by atoms with Crippen LogP contribution in [0.4, 0.5) is 0 Å². The van der Waals surface area contributed by atoms with Gasteiger partial charge in [0.25, 0.3) is 0 Å². The summed E-state index contributed by atoms with van der Waals surface area (Å²) in [6.45, 7) is 3.93. The summed E-state index contributed by atoms with van der Waals surface area (Å²) in [5.74, 6) is 0. The normalized spacial score (nSPS) is 9.00. The first kappa shape index (κ1) is 8.43. The largest absolute Gasteiger partial charge is 0.439 e. The molecule has 0 aromatic carbocycles. The van der Waals surface area contributed by atoms with Crippen molar-refractivity contribution in [3.8, 4) is 0 Å². The van der Waals surface area contributed by atoms with E-state index in [1.807, 2.05) is 0 Å². The second kappa shape index (κ2) is 7.43. The Morgan fingerprint density at radius 1 is 1.56 bits per heavy atom. The fraction of sp³-hybridized carbons (Fsp3) is 0.833. The number of unbranched alkanes of at least 4 members (excludes halogenated alkanes) is 2. The molecular formula is C6H11NO2. The molecule has 52 valence electrons. The zero-order valence-electron chi connectivity index (χ0n) is 5.59. The molecule has 0 atom stereocenters. The van der Waals surface area contributed by atoms with Gasteiger partial charge in [-0.2, -0.15) is 0 Å². The van der Waals surface area contributed by atoms with Crippen LogP contribution < -0.4 is 5.48 Å². The third kappa shape index (κ3) is 7.43. The molecule has 0 N–H and O–H groups in total. The quantitative estimate of drug-likeness (QED) is 0.392. The number of carbonyl (C=O) groups excluding carboxylic acids is 1. The molecule has 0 aliphatic heterocycles. The number of hydrogen-bond acceptors (Lipinski definition) is 2. The number of hydroxylamine groups is 1. The van der Waals surface area contributed by atoms with E-state index in [9.17, 15) is 4.79 Å². The third-order valence-corrected chi connectivity index (χ3v) is 0.955. The Labute approximate surface area is 55.3 Å². The molecule has 2 radical (unpaired) electrons. The fourth-order valence-corrected chi connectivity index (χ4v) is 0.498. The molecule has 0 aliphatic rings. The lowest BCUT2D eigenvalue weighted by Crippen LogP contribution is -2.05. The molecule has 0 bridgehead atoms. The van der Waals surface area contributed by atoms with E-state index in [-0.39, 0.29) is 0 Å². The van der Waals surface area contributed by atoms with E-state index in [4.69, 9.17) is 0 Å². The minimum atomic E-state index is 0.600. The zero-order chi connectivity index (χ0) is 6.95. The summed E-state index contributed by atoms with van der Waals surface area (Å²) >= 11 is 0. The fourth-order valence-electron chi connectivity index (χ4n) is 0.498. The summed E-state index contributed by atoms with van der Waals surface area (Å²) < 4.78 is 0. The van der Waals surface area contributed by atoms with E-state index < -0.39 is 0 Å². The molecule has 0 heterocycles. The van der Waals surface area contributed by atoms with Gasteiger partial charge < -0.3 is 4.84 Å². The summed E-state index contributed by atoms with van der Waals surface area (Å²) in [5, 5.41) is 0. The van der Waals surface area contributed by atoms with E-state index >= 15 is 0 Å². The smallest absolute Gasteiger partial charge is 0.340 e. The van der Waals surface area contributed by atoms with Gasteiger partial charge in [-0.3, -0.25) is 0 Å². The minimum absolute atomic E-state index is 0.600. The molecule has 3 nitrogen and oxygen atoms in total. The van der Waals surface area contributed by atoms with Crippen molar-refractivity contribution in [3.63, 3.8) is 0 Å². The number of nitrogens with zero attached hydrogens (tertiary/aromatic N) is 1. The summed E-state index contributed by atoms with van der Waals surface area (Å²) in [4.78, 5) is 13.4. The van der Waals surface area contributed by atoms with Crippen molar-refractivity contribution in [1.29, 1.82) is 0 Å². The van der Waals surface area contributed by atoms with Gasteiger partial charge in [-0.05, 0) is 11.9 Å². The van der Waals surface area contributed by atoms with E-state index in [0.717, 1.165) is 19.3 Å². The van der Waals surface area contributed by atoms with Gasteiger partial charge in [0.1, 0.15) is 0 Å². The van der Waals surface area contributed by atoms with Crippen LogP contribution in [-0.4, -0.2) is 13.0 Å². The maximum Gasteiger partial charge on any atom is 0.439 e. The Balaban J connectivity index is 2.66. The van der Waals surface area contributed by atoms with Crippen LogP contribution in [-0.2, 0) is 9.63 Å². The lowest BCUT2D eigenvalue weighted by Gasteiger charge is -1.93. The molecule has 0 amide bonds. The molecule has 0 spiro atoms. The highest BCUT2D eigenvalue weighted by molar-refractivity contribution is 5.37. The highest BCUT2D eigenvalue weighted by atomic mass is 16.7. The van der Waals surface area contributed by atoms with Crippen molar-refractivity contribution in [2.45, 2.75) is 26.2 Å². The average Bonchev–Trinajstić information content (AvgIpc) is 1.89. The molecule has 0 aliphatic carbocycles. The first-order chi connectivity index (χ1) is 4.41. The van der Waals surface area contributed by atoms with Crippen LogP contribution in [0.15, 0.2) is 0 Å². The summed E-state index contributed by atoms with van der Waals surface area (Å²) in [6.07, 6.45) is 3.27. The lowest BCUT2D eigenvalue weighted by atomic mass is 10.3. The summed E-state index contributed by atoms with van der Waals surface area (Å²) in [5.41, 5.74) is 3.40. The average molecular weight is 129 g/mol. The number of hydrogen-bond donors (Lipinski definition) is 0. The van der Waals surface area contributed by atoms with Gasteiger partial charge >= 0.3 is 6.47 Å². The second-order valence-electron chi connectivity index (χ2n) is 1.73. The summed E-state index contributed by atoms with van der Waals surface area (Å²) in [7, 11) is 0. The van der Waals surface area contributed by atoms with Crippen LogP contribution in [0.3, 0.4) is 0 Å². The van der Waals surface area contributed by atoms with Gasteiger partial charge in [0.05, 0.1) is 6.54 Å². The molecular weight excluding hydrogens is 118 g/mol. The predicted octanol–water partition coefficient (Wildman–Crippen LogP) is 0.780. The van der Waals surface area contributed by atoms with E-state index in [0.29, 0.717) is 6.54 Å². The molecule has 0 aromatic rings. The van der Waals surface area contributed by atoms with Crippen LogP contribution >= 0.6 is 0 Å². The molecule has 9 heavy (non-hydrogen) atoms. The second-order valence-corrected chi connectivity index (χ2v) is 1.73. The molecule has 0 fully saturated rings. The lowest BCUT2D eigenvalue weighted by molar-refractivity contribution is 0.157. The molecule has 0 rings (SSSR count). The van der Waals surface area contributed by atoms with Crippen molar-refractivity contribution >= 4 is 6.47 Å². The Morgan fingerprint density at radius 3 is 2.89 bits per heavy atom. The predicted molar refractivity (Wildman–Crippen MR) is 33.3 cm³/mol. The zero-order valence-corrected chi connectivity index (χ0v) is 5.59. The maximum absolute atomic E-state index is 9.40. The van der Waals surface area contributed by atoms with E-state index in [2.05, 4.69) is 17.2 Å². The monoisotopic (exact) mass is 129 g/mol. The topological polar surface area (TPSA) is 40.4 Å². The third-order valence-electron chi connectivity index (χ3n) is 0.955. The number of rotatable bonds is 6. The van der Waals surface area contributed by atoms with Crippen molar-refractivity contribution in [2.24, 2.45) is 0 Å². The van der Waals surface area contributed by atoms with Gasteiger partial charge in [-0.1, -0.05) is 19.8 Å². The van der Waals surface area contributed by atoms with Gasteiger partial charge in [0, 0.05) is 0 Å². The van der Waals surface area contributed by atoms with Crippen LogP contribution in [0, 0.1) is 0 Å². The first-order valence-corrected chi connectivity index (χ1v) is 3.11. The highest BCUT2D eigenvalue weighted by Gasteiger charge is 1.87. The van der Waals surface area contributed by atoms with Gasteiger partial charge in [0.15, 0.2) is 0 Å². The maximum atomic E-state index is 9.40. The molecule has 0 aromatic heterocycles. The Hall–Kier alpha value is -0.570. The van der Waals surface area contributed by atoms with Crippen LogP contribution in [0.5, 0.6) is 0 Å². The van der Waals surface area contributed by atoms with Crippen molar-refractivity contribution in [3.05, 3.63) is 0 Å². The van der Waals surface area contributed by atoms with Gasteiger partial charge in [-0.25, -0.2) is 4.79 Å². The minimum Gasteiger partial charge on any atom is -0.340 e. The Bertz CT molecular complexity index is 66.1. The van der Waals surface area contributed by atoms with E-state index in [1.54, 1.807) is 0 Å². The van der Waals surface area contributed by atoms with Crippen molar-refractivity contribution in [2.75, 3.05) is 6.54 Å². The molecule has 0 saturated carbocycles. The Morgan fingerprint density at radius 2 is 2.33 bits per heavy atom. The van der Waals surface area contributed by atoms with Crippen molar-refractivity contribution < 1.29 is 9.63 Å². The molecule has 0 saturated heterocycles. The SMILES string of the molecule is CCCCC[N]O[C]=O. The molecule has 0 unspecified atom stereocenters. The van der Waals surface area contributed by atoms with E-state index in [1.165, 1.54) is 6.47 Å². The van der Waals surface area contributed by atoms with Gasteiger partial charge in [0.2, 0.25) is 0 Å². The van der Waals surface area contributed by atoms with Crippen LogP contribution in [0.1, 0.15) is 26.2 Å².